The average molecular weight is 410 g/mol. The Kier molecular flexibility index (Phi) is 5.41. The van der Waals surface area contributed by atoms with Gasteiger partial charge >= 0.3 is 0 Å². The molecule has 1 aliphatic rings. The summed E-state index contributed by atoms with van der Waals surface area (Å²) in [7, 11) is -3.86. The molecule has 144 valence electrons. The number of nitro groups is 1. The number of piperazine rings is 1. The van der Waals surface area contributed by atoms with Crippen molar-refractivity contribution >= 4 is 33.0 Å². The molecule has 2 aromatic carbocycles. The highest BCUT2D eigenvalue weighted by Gasteiger charge is 2.31. The second-order valence-electron chi connectivity index (χ2n) is 6.48. The SMILES string of the molecule is Cc1ccccc1N1CCN(S(=O)(=O)c2cc(Cl)c(C)c([N+](=O)[O-])c2)CC1. The fraction of sp³-hybridized carbons (Fsp3) is 0.333. The molecule has 2 aromatic rings. The van der Waals surface area contributed by atoms with Crippen LogP contribution in [0.15, 0.2) is 41.3 Å². The maximum absolute atomic E-state index is 13.0. The standard InChI is InChI=1S/C18H20ClN3O4S/c1-13-5-3-4-6-17(13)20-7-9-21(10-8-20)27(25,26)15-11-16(19)14(2)18(12-15)22(23)24/h3-6,11-12H,7-10H2,1-2H3. The van der Waals surface area contributed by atoms with Crippen LogP contribution in [-0.2, 0) is 10.0 Å². The first-order chi connectivity index (χ1) is 12.7. The summed E-state index contributed by atoms with van der Waals surface area (Å²) in [6.45, 7) is 5.22. The van der Waals surface area contributed by atoms with Crippen LogP contribution in [0.4, 0.5) is 11.4 Å². The molecule has 0 radical (unpaired) electrons. The third kappa shape index (κ3) is 3.78. The van der Waals surface area contributed by atoms with E-state index in [1.165, 1.54) is 17.3 Å². The van der Waals surface area contributed by atoms with E-state index < -0.39 is 14.9 Å². The van der Waals surface area contributed by atoms with Crippen LogP contribution in [0.3, 0.4) is 0 Å². The maximum atomic E-state index is 13.0. The summed E-state index contributed by atoms with van der Waals surface area (Å²) in [5.74, 6) is 0. The van der Waals surface area contributed by atoms with Gasteiger partial charge in [0.05, 0.1) is 14.8 Å². The van der Waals surface area contributed by atoms with E-state index in [1.807, 2.05) is 31.2 Å². The van der Waals surface area contributed by atoms with Crippen LogP contribution >= 0.6 is 11.6 Å². The van der Waals surface area contributed by atoms with Gasteiger partial charge < -0.3 is 4.90 Å². The number of hydrogen-bond acceptors (Lipinski definition) is 5. The third-order valence-corrected chi connectivity index (χ3v) is 7.09. The fourth-order valence-corrected chi connectivity index (χ4v) is 4.96. The van der Waals surface area contributed by atoms with Crippen molar-refractivity contribution < 1.29 is 13.3 Å². The van der Waals surface area contributed by atoms with Crippen molar-refractivity contribution in [1.82, 2.24) is 4.31 Å². The molecular weight excluding hydrogens is 390 g/mol. The highest BCUT2D eigenvalue weighted by Crippen LogP contribution is 2.31. The number of aryl methyl sites for hydroxylation is 1. The van der Waals surface area contributed by atoms with Crippen molar-refractivity contribution in [1.29, 1.82) is 0 Å². The van der Waals surface area contributed by atoms with Crippen LogP contribution < -0.4 is 4.90 Å². The third-order valence-electron chi connectivity index (χ3n) is 4.82. The van der Waals surface area contributed by atoms with Gasteiger partial charge in [0.25, 0.3) is 5.69 Å². The first-order valence-electron chi connectivity index (χ1n) is 8.47. The summed E-state index contributed by atoms with van der Waals surface area (Å²) in [6, 6.07) is 10.3. The molecule has 1 fully saturated rings. The molecule has 0 bridgehead atoms. The van der Waals surface area contributed by atoms with E-state index in [2.05, 4.69) is 4.90 Å². The molecule has 1 aliphatic heterocycles. The Morgan fingerprint density at radius 3 is 2.30 bits per heavy atom. The predicted octanol–water partition coefficient (Wildman–Crippen LogP) is 3.38. The molecule has 0 atom stereocenters. The van der Waals surface area contributed by atoms with Crippen LogP contribution in [0.1, 0.15) is 11.1 Å². The second-order valence-corrected chi connectivity index (χ2v) is 8.83. The van der Waals surface area contributed by atoms with E-state index in [0.29, 0.717) is 26.2 Å². The second kappa shape index (κ2) is 7.46. The average Bonchev–Trinajstić information content (AvgIpc) is 2.64. The number of benzene rings is 2. The van der Waals surface area contributed by atoms with Gasteiger partial charge in [0.15, 0.2) is 0 Å². The van der Waals surface area contributed by atoms with Gasteiger partial charge in [-0.3, -0.25) is 10.1 Å². The molecule has 0 saturated carbocycles. The molecule has 1 heterocycles. The smallest absolute Gasteiger partial charge is 0.275 e. The molecular formula is C18H20ClN3O4S. The lowest BCUT2D eigenvalue weighted by Gasteiger charge is -2.36. The molecule has 0 aromatic heterocycles. The van der Waals surface area contributed by atoms with Gasteiger partial charge in [-0.1, -0.05) is 29.8 Å². The minimum Gasteiger partial charge on any atom is -0.369 e. The van der Waals surface area contributed by atoms with Gasteiger partial charge in [-0.15, -0.1) is 0 Å². The lowest BCUT2D eigenvalue weighted by atomic mass is 10.1. The molecule has 9 heteroatoms. The van der Waals surface area contributed by atoms with Gasteiger partial charge in [0, 0.05) is 43.5 Å². The minimum atomic E-state index is -3.86. The summed E-state index contributed by atoms with van der Waals surface area (Å²) in [5, 5.41) is 11.3. The van der Waals surface area contributed by atoms with Gasteiger partial charge in [-0.05, 0) is 31.5 Å². The van der Waals surface area contributed by atoms with Gasteiger partial charge in [-0.2, -0.15) is 4.31 Å². The molecule has 27 heavy (non-hydrogen) atoms. The maximum Gasteiger partial charge on any atom is 0.275 e. The normalized spacial score (nSPS) is 15.7. The van der Waals surface area contributed by atoms with E-state index in [1.54, 1.807) is 0 Å². The summed E-state index contributed by atoms with van der Waals surface area (Å²) < 4.78 is 27.3. The largest absolute Gasteiger partial charge is 0.369 e. The van der Waals surface area contributed by atoms with E-state index in [4.69, 9.17) is 11.6 Å². The van der Waals surface area contributed by atoms with Crippen molar-refractivity contribution in [3.05, 3.63) is 62.7 Å². The van der Waals surface area contributed by atoms with E-state index in [9.17, 15) is 18.5 Å². The molecule has 3 rings (SSSR count). The molecule has 0 N–H and O–H groups in total. The first-order valence-corrected chi connectivity index (χ1v) is 10.3. The lowest BCUT2D eigenvalue weighted by molar-refractivity contribution is -0.385. The highest BCUT2D eigenvalue weighted by molar-refractivity contribution is 7.89. The predicted molar refractivity (Wildman–Crippen MR) is 105 cm³/mol. The van der Waals surface area contributed by atoms with Crippen LogP contribution in [0.25, 0.3) is 0 Å². The van der Waals surface area contributed by atoms with Crippen LogP contribution in [0.5, 0.6) is 0 Å². The Hall–Kier alpha value is -2.16. The van der Waals surface area contributed by atoms with Crippen molar-refractivity contribution in [2.75, 3.05) is 31.1 Å². The number of nitro benzene ring substituents is 1. The lowest BCUT2D eigenvalue weighted by Crippen LogP contribution is -2.48. The van der Waals surface area contributed by atoms with E-state index in [0.717, 1.165) is 17.3 Å². The van der Waals surface area contributed by atoms with Gasteiger partial charge in [0.2, 0.25) is 10.0 Å². The summed E-state index contributed by atoms with van der Waals surface area (Å²) in [4.78, 5) is 12.6. The Bertz CT molecular complexity index is 986. The Balaban J connectivity index is 1.84. The molecule has 0 aliphatic carbocycles. The number of hydrogen-bond donors (Lipinski definition) is 0. The number of nitrogens with zero attached hydrogens (tertiary/aromatic N) is 3. The van der Waals surface area contributed by atoms with Crippen LogP contribution in [0, 0.1) is 24.0 Å². The molecule has 0 spiro atoms. The van der Waals surface area contributed by atoms with Gasteiger partial charge in [-0.25, -0.2) is 8.42 Å². The fourth-order valence-electron chi connectivity index (χ4n) is 3.22. The monoisotopic (exact) mass is 409 g/mol. The number of para-hydroxylation sites is 1. The van der Waals surface area contributed by atoms with E-state index in [-0.39, 0.29) is 21.2 Å². The number of sulfonamides is 1. The first kappa shape index (κ1) is 19.6. The minimum absolute atomic E-state index is 0.0707. The van der Waals surface area contributed by atoms with E-state index >= 15 is 0 Å². The van der Waals surface area contributed by atoms with Crippen molar-refractivity contribution in [2.45, 2.75) is 18.7 Å². The van der Waals surface area contributed by atoms with Crippen molar-refractivity contribution in [3.63, 3.8) is 0 Å². The zero-order valence-electron chi connectivity index (χ0n) is 15.1. The number of rotatable bonds is 4. The molecule has 0 unspecified atom stereocenters. The zero-order valence-corrected chi connectivity index (χ0v) is 16.6. The van der Waals surface area contributed by atoms with Gasteiger partial charge in [0.1, 0.15) is 0 Å². The quantitative estimate of drug-likeness (QED) is 0.571. The zero-order chi connectivity index (χ0) is 19.8. The number of anilines is 1. The highest BCUT2D eigenvalue weighted by atomic mass is 35.5. The van der Waals surface area contributed by atoms with Crippen molar-refractivity contribution in [2.24, 2.45) is 0 Å². The van der Waals surface area contributed by atoms with Crippen molar-refractivity contribution in [3.8, 4) is 0 Å². The Labute approximate surface area is 163 Å². The molecule has 1 saturated heterocycles. The topological polar surface area (TPSA) is 83.8 Å². The summed E-state index contributed by atoms with van der Waals surface area (Å²) >= 11 is 6.03. The van der Waals surface area contributed by atoms with Crippen LogP contribution in [0.2, 0.25) is 5.02 Å². The Morgan fingerprint density at radius 1 is 1.07 bits per heavy atom. The number of halogens is 1. The summed E-state index contributed by atoms with van der Waals surface area (Å²) in [6.07, 6.45) is 0. The molecule has 7 nitrogen and oxygen atoms in total. The Morgan fingerprint density at radius 2 is 1.70 bits per heavy atom. The summed E-state index contributed by atoms with van der Waals surface area (Å²) in [5.41, 5.74) is 2.18. The van der Waals surface area contributed by atoms with Crippen LogP contribution in [-0.4, -0.2) is 43.8 Å². The molecule has 0 amide bonds.